The van der Waals surface area contributed by atoms with Crippen LogP contribution in [0.1, 0.15) is 42.0 Å². The normalized spacial score (nSPS) is 18.1. The van der Waals surface area contributed by atoms with Gasteiger partial charge in [-0.05, 0) is 97.6 Å². The van der Waals surface area contributed by atoms with Crippen LogP contribution in [0.15, 0.2) is 66.7 Å². The SMILES string of the molecule is COc1ccc2c(c1)CN(c1ccc(F)cc1)C2Cc1ccc(OCCN2CCCCC2)cc1. The molecule has 0 N–H and O–H groups in total. The Morgan fingerprint density at radius 1 is 0.882 bits per heavy atom. The summed E-state index contributed by atoms with van der Waals surface area (Å²) in [6.45, 7) is 4.90. The van der Waals surface area contributed by atoms with Crippen LogP contribution >= 0.6 is 0 Å². The van der Waals surface area contributed by atoms with Gasteiger partial charge < -0.3 is 14.4 Å². The first-order chi connectivity index (χ1) is 16.7. The summed E-state index contributed by atoms with van der Waals surface area (Å²) in [4.78, 5) is 4.85. The molecule has 34 heavy (non-hydrogen) atoms. The zero-order valence-electron chi connectivity index (χ0n) is 19.9. The topological polar surface area (TPSA) is 24.9 Å². The zero-order chi connectivity index (χ0) is 23.3. The van der Waals surface area contributed by atoms with Gasteiger partial charge in [0.05, 0.1) is 13.2 Å². The van der Waals surface area contributed by atoms with Crippen molar-refractivity contribution in [3.8, 4) is 11.5 Å². The van der Waals surface area contributed by atoms with Gasteiger partial charge in [-0.25, -0.2) is 4.39 Å². The number of rotatable bonds is 8. The third kappa shape index (κ3) is 5.20. The van der Waals surface area contributed by atoms with Crippen LogP contribution in [0.4, 0.5) is 10.1 Å². The molecule has 1 saturated heterocycles. The maximum Gasteiger partial charge on any atom is 0.123 e. The van der Waals surface area contributed by atoms with Crippen LogP contribution in [0.2, 0.25) is 0 Å². The number of piperidine rings is 1. The minimum Gasteiger partial charge on any atom is -0.497 e. The van der Waals surface area contributed by atoms with Crippen molar-refractivity contribution in [3.05, 3.63) is 89.2 Å². The minimum atomic E-state index is -0.213. The molecule has 3 aromatic rings. The van der Waals surface area contributed by atoms with Crippen molar-refractivity contribution in [2.75, 3.05) is 38.3 Å². The van der Waals surface area contributed by atoms with Crippen molar-refractivity contribution in [1.82, 2.24) is 4.90 Å². The van der Waals surface area contributed by atoms with E-state index >= 15 is 0 Å². The maximum absolute atomic E-state index is 13.6. The average Bonchev–Trinajstić information content (AvgIpc) is 3.23. The Bertz CT molecular complexity index is 1080. The maximum atomic E-state index is 13.6. The second kappa shape index (κ2) is 10.5. The summed E-state index contributed by atoms with van der Waals surface area (Å²) in [6.07, 6.45) is 4.84. The molecule has 0 aliphatic carbocycles. The second-order valence-corrected chi connectivity index (χ2v) is 9.28. The van der Waals surface area contributed by atoms with E-state index in [2.05, 4.69) is 46.2 Å². The van der Waals surface area contributed by atoms with Gasteiger partial charge >= 0.3 is 0 Å². The van der Waals surface area contributed by atoms with Crippen LogP contribution < -0.4 is 14.4 Å². The van der Waals surface area contributed by atoms with Crippen molar-refractivity contribution in [3.63, 3.8) is 0 Å². The van der Waals surface area contributed by atoms with Crippen molar-refractivity contribution in [2.24, 2.45) is 0 Å². The molecule has 178 valence electrons. The van der Waals surface area contributed by atoms with Crippen LogP contribution in [0.3, 0.4) is 0 Å². The highest BCUT2D eigenvalue weighted by atomic mass is 19.1. The van der Waals surface area contributed by atoms with Crippen molar-refractivity contribution < 1.29 is 13.9 Å². The number of benzene rings is 3. The third-order valence-corrected chi connectivity index (χ3v) is 7.06. The van der Waals surface area contributed by atoms with Gasteiger partial charge in [-0.2, -0.15) is 0 Å². The molecule has 5 heteroatoms. The van der Waals surface area contributed by atoms with Crippen LogP contribution in [-0.2, 0) is 13.0 Å². The highest BCUT2D eigenvalue weighted by Gasteiger charge is 2.31. The molecule has 1 atom stereocenters. The number of hydrogen-bond donors (Lipinski definition) is 0. The molecule has 0 saturated carbocycles. The van der Waals surface area contributed by atoms with Crippen LogP contribution in [-0.4, -0.2) is 38.3 Å². The summed E-state index contributed by atoms with van der Waals surface area (Å²) in [6, 6.07) is 21.8. The Labute approximate surface area is 201 Å². The van der Waals surface area contributed by atoms with Gasteiger partial charge in [0, 0.05) is 18.8 Å². The summed E-state index contributed by atoms with van der Waals surface area (Å²) in [7, 11) is 1.70. The molecule has 5 rings (SSSR count). The Balaban J connectivity index is 1.28. The predicted molar refractivity (Wildman–Crippen MR) is 134 cm³/mol. The monoisotopic (exact) mass is 460 g/mol. The zero-order valence-corrected chi connectivity index (χ0v) is 19.9. The van der Waals surface area contributed by atoms with E-state index < -0.39 is 0 Å². The van der Waals surface area contributed by atoms with Crippen molar-refractivity contribution in [1.29, 1.82) is 0 Å². The van der Waals surface area contributed by atoms with Gasteiger partial charge in [-0.1, -0.05) is 24.6 Å². The fourth-order valence-electron chi connectivity index (χ4n) is 5.18. The standard InChI is InChI=1S/C29H33FN2O2/c1-33-27-13-14-28-23(20-27)21-32(25-9-7-24(30)8-10-25)29(28)19-22-5-11-26(12-6-22)34-18-17-31-15-3-2-4-16-31/h5-14,20,29H,2-4,15-19,21H2,1H3. The molecule has 2 aliphatic rings. The van der Waals surface area contributed by atoms with E-state index in [1.165, 1.54) is 61.2 Å². The molecule has 2 aliphatic heterocycles. The molecule has 0 bridgehead atoms. The highest BCUT2D eigenvalue weighted by Crippen LogP contribution is 2.41. The molecule has 0 spiro atoms. The fraction of sp³-hybridized carbons (Fsp3) is 0.379. The number of halogens is 1. The van der Waals surface area contributed by atoms with Gasteiger partial charge in [-0.15, -0.1) is 0 Å². The van der Waals surface area contributed by atoms with Gasteiger partial charge in [-0.3, -0.25) is 4.90 Å². The third-order valence-electron chi connectivity index (χ3n) is 7.06. The van der Waals surface area contributed by atoms with E-state index in [0.29, 0.717) is 0 Å². The molecule has 0 aromatic heterocycles. The number of methoxy groups -OCH3 is 1. The van der Waals surface area contributed by atoms with Gasteiger partial charge in [0.1, 0.15) is 23.9 Å². The van der Waals surface area contributed by atoms with E-state index in [1.54, 1.807) is 7.11 Å². The Kier molecular flexibility index (Phi) is 7.00. The molecule has 1 fully saturated rings. The minimum absolute atomic E-state index is 0.178. The molecule has 3 aromatic carbocycles. The lowest BCUT2D eigenvalue weighted by Crippen LogP contribution is -2.33. The first-order valence-corrected chi connectivity index (χ1v) is 12.3. The van der Waals surface area contributed by atoms with Gasteiger partial charge in [0.15, 0.2) is 0 Å². The largest absolute Gasteiger partial charge is 0.497 e. The van der Waals surface area contributed by atoms with E-state index in [-0.39, 0.29) is 11.9 Å². The number of hydrogen-bond acceptors (Lipinski definition) is 4. The summed E-state index contributed by atoms with van der Waals surface area (Å²) in [5, 5.41) is 0. The number of anilines is 1. The van der Waals surface area contributed by atoms with Crippen molar-refractivity contribution >= 4 is 5.69 Å². The summed E-state index contributed by atoms with van der Waals surface area (Å²) >= 11 is 0. The lowest BCUT2D eigenvalue weighted by Gasteiger charge is -2.28. The number of fused-ring (bicyclic) bond motifs is 1. The molecule has 1 unspecified atom stereocenters. The molecular formula is C29H33FN2O2. The number of likely N-dealkylation sites (tertiary alicyclic amines) is 1. The van der Waals surface area contributed by atoms with E-state index in [9.17, 15) is 4.39 Å². The second-order valence-electron chi connectivity index (χ2n) is 9.28. The lowest BCUT2D eigenvalue weighted by molar-refractivity contribution is 0.183. The smallest absolute Gasteiger partial charge is 0.123 e. The first kappa shape index (κ1) is 22.7. The quantitative estimate of drug-likeness (QED) is 0.411. The number of nitrogens with zero attached hydrogens (tertiary/aromatic N) is 2. The molecule has 0 radical (unpaired) electrons. The van der Waals surface area contributed by atoms with Crippen molar-refractivity contribution in [2.45, 2.75) is 38.3 Å². The average molecular weight is 461 g/mol. The van der Waals surface area contributed by atoms with Gasteiger partial charge in [0.25, 0.3) is 0 Å². The fourth-order valence-corrected chi connectivity index (χ4v) is 5.18. The Morgan fingerprint density at radius 2 is 1.62 bits per heavy atom. The van der Waals surface area contributed by atoms with Crippen LogP contribution in [0.25, 0.3) is 0 Å². The lowest BCUT2D eigenvalue weighted by atomic mass is 9.97. The first-order valence-electron chi connectivity index (χ1n) is 12.3. The number of ether oxygens (including phenoxy) is 2. The van der Waals surface area contributed by atoms with Crippen LogP contribution in [0.5, 0.6) is 11.5 Å². The summed E-state index contributed by atoms with van der Waals surface area (Å²) in [5.41, 5.74) is 4.83. The predicted octanol–water partition coefficient (Wildman–Crippen LogP) is 6.00. The van der Waals surface area contributed by atoms with Crippen LogP contribution in [0, 0.1) is 5.82 Å². The molecular weight excluding hydrogens is 427 g/mol. The summed E-state index contributed by atoms with van der Waals surface area (Å²) in [5.74, 6) is 1.58. The Morgan fingerprint density at radius 3 is 2.35 bits per heavy atom. The van der Waals surface area contributed by atoms with Gasteiger partial charge in [0.2, 0.25) is 0 Å². The summed E-state index contributed by atoms with van der Waals surface area (Å²) < 4.78 is 25.0. The molecule has 0 amide bonds. The Hall–Kier alpha value is -3.05. The van der Waals surface area contributed by atoms with E-state index in [1.807, 2.05) is 18.2 Å². The highest BCUT2D eigenvalue weighted by molar-refractivity contribution is 5.56. The molecule has 2 heterocycles. The van der Waals surface area contributed by atoms with E-state index in [0.717, 1.165) is 43.3 Å². The van der Waals surface area contributed by atoms with E-state index in [4.69, 9.17) is 9.47 Å². The molecule has 4 nitrogen and oxygen atoms in total.